The fourth-order valence-corrected chi connectivity index (χ4v) is 4.71. The highest BCUT2D eigenvalue weighted by molar-refractivity contribution is 5.21. The van der Waals surface area contributed by atoms with Crippen LogP contribution in [0.2, 0.25) is 0 Å². The zero-order valence-corrected chi connectivity index (χ0v) is 17.6. The highest BCUT2D eigenvalue weighted by atomic mass is 15.6. The summed E-state index contributed by atoms with van der Waals surface area (Å²) in [5.74, 6) is 0.893. The van der Waals surface area contributed by atoms with E-state index in [1.165, 1.54) is 37.8 Å². The highest BCUT2D eigenvalue weighted by Crippen LogP contribution is 2.30. The van der Waals surface area contributed by atoms with Crippen molar-refractivity contribution in [2.75, 3.05) is 26.2 Å². The minimum atomic E-state index is 0.0127. The molecule has 1 aliphatic carbocycles. The van der Waals surface area contributed by atoms with E-state index < -0.39 is 0 Å². The van der Waals surface area contributed by atoms with Crippen LogP contribution in [0.5, 0.6) is 0 Å². The highest BCUT2D eigenvalue weighted by Gasteiger charge is 2.32. The second-order valence-electron chi connectivity index (χ2n) is 8.54. The van der Waals surface area contributed by atoms with Crippen LogP contribution in [0.15, 0.2) is 42.7 Å². The van der Waals surface area contributed by atoms with Crippen LogP contribution in [0, 0.1) is 0 Å². The van der Waals surface area contributed by atoms with Gasteiger partial charge in [-0.15, -0.1) is 5.10 Å². The fourth-order valence-electron chi connectivity index (χ4n) is 4.71. The van der Waals surface area contributed by atoms with Gasteiger partial charge >= 0.3 is 0 Å². The van der Waals surface area contributed by atoms with Crippen LogP contribution in [-0.2, 0) is 13.6 Å². The number of tetrazole rings is 1. The van der Waals surface area contributed by atoms with E-state index in [1.54, 1.807) is 0 Å². The summed E-state index contributed by atoms with van der Waals surface area (Å²) in [7, 11) is 1.97. The summed E-state index contributed by atoms with van der Waals surface area (Å²) in [4.78, 5) is 5.24. The molecule has 1 atom stereocenters. The molecule has 0 N–H and O–H groups in total. The third kappa shape index (κ3) is 4.02. The van der Waals surface area contributed by atoms with Crippen molar-refractivity contribution in [1.82, 2.24) is 39.8 Å². The molecule has 8 heteroatoms. The van der Waals surface area contributed by atoms with E-state index in [-0.39, 0.29) is 6.04 Å². The first-order valence-electron chi connectivity index (χ1n) is 11.0. The summed E-state index contributed by atoms with van der Waals surface area (Å²) in [6.07, 6.45) is 9.34. The summed E-state index contributed by atoms with van der Waals surface area (Å²) in [6.45, 7) is 5.04. The van der Waals surface area contributed by atoms with E-state index in [2.05, 4.69) is 60.9 Å². The Bertz CT molecular complexity index is 945. The molecule has 2 fully saturated rings. The first-order valence-corrected chi connectivity index (χ1v) is 11.0. The van der Waals surface area contributed by atoms with Crippen LogP contribution < -0.4 is 0 Å². The molecular formula is C22H30N8. The predicted molar refractivity (Wildman–Crippen MR) is 114 cm³/mol. The van der Waals surface area contributed by atoms with Crippen molar-refractivity contribution in [3.05, 3.63) is 59.7 Å². The molecule has 2 aliphatic rings. The molecule has 1 saturated heterocycles. The molecule has 1 aliphatic heterocycles. The van der Waals surface area contributed by atoms with E-state index in [1.807, 2.05) is 28.7 Å². The Morgan fingerprint density at radius 1 is 1.03 bits per heavy atom. The topological polar surface area (TPSA) is 67.9 Å². The molecule has 3 aromatic rings. The summed E-state index contributed by atoms with van der Waals surface area (Å²) in [6, 6.07) is 11.2. The third-order valence-corrected chi connectivity index (χ3v) is 6.54. The average Bonchev–Trinajstić information content (AvgIpc) is 3.27. The first kappa shape index (κ1) is 19.4. The minimum absolute atomic E-state index is 0.0127. The lowest BCUT2D eigenvalue weighted by molar-refractivity contribution is 0.127. The van der Waals surface area contributed by atoms with E-state index in [9.17, 15) is 0 Å². The number of hydrogen-bond acceptors (Lipinski definition) is 6. The van der Waals surface area contributed by atoms with Crippen molar-refractivity contribution in [1.29, 1.82) is 0 Å². The Balaban J connectivity index is 1.43. The quantitative estimate of drug-likeness (QED) is 0.625. The summed E-state index contributed by atoms with van der Waals surface area (Å²) in [5.41, 5.74) is 2.35. The molecule has 1 unspecified atom stereocenters. The standard InChI is InChI=1S/C22H30N8/c1-27-17-19(15-23-27)21(29-12-6-11-28(13-14-29)20-9-5-10-20)22-24-25-26-30(22)16-18-7-3-2-4-8-18/h2-4,7-8,15,17,20-21H,5-6,9-14,16H2,1H3. The Morgan fingerprint density at radius 2 is 1.90 bits per heavy atom. The summed E-state index contributed by atoms with van der Waals surface area (Å²) in [5, 5.41) is 17.3. The number of aromatic nitrogens is 6. The lowest BCUT2D eigenvalue weighted by atomic mass is 9.91. The monoisotopic (exact) mass is 406 g/mol. The maximum Gasteiger partial charge on any atom is 0.173 e. The van der Waals surface area contributed by atoms with Gasteiger partial charge in [-0.1, -0.05) is 36.8 Å². The molecule has 5 rings (SSSR count). The van der Waals surface area contributed by atoms with Crippen LogP contribution in [0.3, 0.4) is 0 Å². The van der Waals surface area contributed by atoms with Crippen molar-refractivity contribution in [2.24, 2.45) is 7.05 Å². The van der Waals surface area contributed by atoms with Crippen molar-refractivity contribution in [3.8, 4) is 0 Å². The molecule has 0 radical (unpaired) electrons. The molecule has 0 spiro atoms. The molecular weight excluding hydrogens is 376 g/mol. The van der Waals surface area contributed by atoms with Gasteiger partial charge in [-0.05, 0) is 41.8 Å². The third-order valence-electron chi connectivity index (χ3n) is 6.54. The molecule has 0 amide bonds. The van der Waals surface area contributed by atoms with Crippen molar-refractivity contribution < 1.29 is 0 Å². The molecule has 2 aromatic heterocycles. The van der Waals surface area contributed by atoms with Crippen LogP contribution in [0.4, 0.5) is 0 Å². The van der Waals surface area contributed by atoms with Gasteiger partial charge < -0.3 is 0 Å². The lowest BCUT2D eigenvalue weighted by Crippen LogP contribution is -2.42. The predicted octanol–water partition coefficient (Wildman–Crippen LogP) is 2.10. The van der Waals surface area contributed by atoms with Crippen molar-refractivity contribution in [2.45, 2.75) is 44.3 Å². The zero-order valence-electron chi connectivity index (χ0n) is 17.6. The van der Waals surface area contributed by atoms with Crippen LogP contribution >= 0.6 is 0 Å². The Labute approximate surface area is 177 Å². The van der Waals surface area contributed by atoms with Gasteiger partial charge in [-0.3, -0.25) is 14.5 Å². The molecule has 1 aromatic carbocycles. The SMILES string of the molecule is Cn1cc(C(c2nnnn2Cc2ccccc2)N2CCCN(C3CCC3)CC2)cn1. The number of rotatable bonds is 6. The van der Waals surface area contributed by atoms with Crippen molar-refractivity contribution >= 4 is 0 Å². The second-order valence-corrected chi connectivity index (χ2v) is 8.54. The van der Waals surface area contributed by atoms with E-state index in [0.29, 0.717) is 6.54 Å². The van der Waals surface area contributed by atoms with Crippen molar-refractivity contribution in [3.63, 3.8) is 0 Å². The number of hydrogen-bond donors (Lipinski definition) is 0. The van der Waals surface area contributed by atoms with Gasteiger partial charge in [-0.2, -0.15) is 5.10 Å². The average molecular weight is 407 g/mol. The maximum atomic E-state index is 4.50. The molecule has 158 valence electrons. The van der Waals surface area contributed by atoms with Crippen LogP contribution in [0.1, 0.15) is 48.7 Å². The first-order chi connectivity index (χ1) is 14.8. The second kappa shape index (κ2) is 8.65. The molecule has 30 heavy (non-hydrogen) atoms. The van der Waals surface area contributed by atoms with Gasteiger partial charge in [0, 0.05) is 44.5 Å². The van der Waals surface area contributed by atoms with Gasteiger partial charge in [0.05, 0.1) is 12.7 Å². The molecule has 8 nitrogen and oxygen atoms in total. The van der Waals surface area contributed by atoms with Gasteiger partial charge in [-0.25, -0.2) is 4.68 Å². The molecule has 3 heterocycles. The van der Waals surface area contributed by atoms with Gasteiger partial charge in [0.1, 0.15) is 6.04 Å². The maximum absolute atomic E-state index is 4.50. The molecule has 0 bridgehead atoms. The molecule has 1 saturated carbocycles. The Morgan fingerprint density at radius 3 is 2.63 bits per heavy atom. The van der Waals surface area contributed by atoms with E-state index in [4.69, 9.17) is 0 Å². The minimum Gasteiger partial charge on any atom is -0.299 e. The summed E-state index contributed by atoms with van der Waals surface area (Å²) < 4.78 is 3.81. The van der Waals surface area contributed by atoms with E-state index in [0.717, 1.165) is 37.1 Å². The van der Waals surface area contributed by atoms with Crippen LogP contribution in [0.25, 0.3) is 0 Å². The van der Waals surface area contributed by atoms with Gasteiger partial charge in [0.2, 0.25) is 0 Å². The normalized spacial score (nSPS) is 20.0. The number of nitrogens with zero attached hydrogens (tertiary/aromatic N) is 8. The van der Waals surface area contributed by atoms with E-state index >= 15 is 0 Å². The fraction of sp³-hybridized carbons (Fsp3) is 0.545. The number of aryl methyl sites for hydroxylation is 1. The van der Waals surface area contributed by atoms with Gasteiger partial charge in [0.15, 0.2) is 5.82 Å². The summed E-state index contributed by atoms with van der Waals surface area (Å²) >= 11 is 0. The Hall–Kier alpha value is -2.58. The zero-order chi connectivity index (χ0) is 20.3. The van der Waals surface area contributed by atoms with Gasteiger partial charge in [0.25, 0.3) is 0 Å². The smallest absolute Gasteiger partial charge is 0.173 e. The lowest BCUT2D eigenvalue weighted by Gasteiger charge is -2.37. The number of benzene rings is 1. The Kier molecular flexibility index (Phi) is 5.59. The largest absolute Gasteiger partial charge is 0.299 e. The van der Waals surface area contributed by atoms with Crippen LogP contribution in [-0.4, -0.2) is 72.0 Å².